The van der Waals surface area contributed by atoms with Crippen molar-refractivity contribution in [1.82, 2.24) is 5.32 Å². The normalized spacial score (nSPS) is 22.9. The summed E-state index contributed by atoms with van der Waals surface area (Å²) in [4.78, 5) is 2.49. The van der Waals surface area contributed by atoms with Crippen molar-refractivity contribution in [2.45, 2.75) is 33.2 Å². The van der Waals surface area contributed by atoms with E-state index in [4.69, 9.17) is 4.74 Å². The minimum Gasteiger partial charge on any atom is -0.492 e. The highest BCUT2D eigenvalue weighted by molar-refractivity contribution is 5.60. The van der Waals surface area contributed by atoms with Crippen LogP contribution >= 0.6 is 0 Å². The Morgan fingerprint density at radius 3 is 2.84 bits per heavy atom. The zero-order valence-electron chi connectivity index (χ0n) is 12.6. The van der Waals surface area contributed by atoms with Crippen LogP contribution in [-0.2, 0) is 0 Å². The SMILES string of the molecule is CCOc1ccccc1N1CC(C)CNCC1(C)C. The third-order valence-corrected chi connectivity index (χ3v) is 3.73. The molecule has 1 heterocycles. The van der Waals surface area contributed by atoms with Crippen molar-refractivity contribution in [3.8, 4) is 5.75 Å². The quantitative estimate of drug-likeness (QED) is 0.906. The van der Waals surface area contributed by atoms with E-state index in [1.807, 2.05) is 13.0 Å². The molecule has 0 radical (unpaired) electrons. The van der Waals surface area contributed by atoms with Crippen molar-refractivity contribution >= 4 is 5.69 Å². The fourth-order valence-corrected chi connectivity index (χ4v) is 2.73. The zero-order valence-corrected chi connectivity index (χ0v) is 12.6. The van der Waals surface area contributed by atoms with Gasteiger partial charge in [0.2, 0.25) is 0 Å². The first-order chi connectivity index (χ1) is 9.04. The lowest BCUT2D eigenvalue weighted by Crippen LogP contribution is -2.49. The molecule has 1 atom stereocenters. The first kappa shape index (κ1) is 14.2. The Balaban J connectivity index is 2.36. The number of benzene rings is 1. The number of hydrogen-bond donors (Lipinski definition) is 1. The third-order valence-electron chi connectivity index (χ3n) is 3.73. The number of para-hydroxylation sites is 2. The van der Waals surface area contributed by atoms with Crippen LogP contribution in [0, 0.1) is 5.92 Å². The Morgan fingerprint density at radius 1 is 1.37 bits per heavy atom. The van der Waals surface area contributed by atoms with Gasteiger partial charge in [0, 0.05) is 18.6 Å². The molecule has 1 aromatic carbocycles. The number of ether oxygens (including phenoxy) is 1. The summed E-state index contributed by atoms with van der Waals surface area (Å²) in [5.74, 6) is 1.63. The summed E-state index contributed by atoms with van der Waals surface area (Å²) in [6.45, 7) is 12.8. The maximum atomic E-state index is 5.80. The van der Waals surface area contributed by atoms with Gasteiger partial charge in [-0.15, -0.1) is 0 Å². The smallest absolute Gasteiger partial charge is 0.142 e. The molecule has 1 unspecified atom stereocenters. The first-order valence-electron chi connectivity index (χ1n) is 7.25. The van der Waals surface area contributed by atoms with E-state index in [9.17, 15) is 0 Å². The van der Waals surface area contributed by atoms with E-state index < -0.39 is 0 Å². The maximum Gasteiger partial charge on any atom is 0.142 e. The van der Waals surface area contributed by atoms with Gasteiger partial charge < -0.3 is 15.0 Å². The molecular formula is C16H26N2O. The fraction of sp³-hybridized carbons (Fsp3) is 0.625. The summed E-state index contributed by atoms with van der Waals surface area (Å²) >= 11 is 0. The van der Waals surface area contributed by atoms with E-state index in [0.29, 0.717) is 12.5 Å². The molecule has 3 nitrogen and oxygen atoms in total. The predicted molar refractivity (Wildman–Crippen MR) is 81.1 cm³/mol. The molecule has 106 valence electrons. The van der Waals surface area contributed by atoms with Gasteiger partial charge in [0.05, 0.1) is 12.3 Å². The maximum absolute atomic E-state index is 5.80. The van der Waals surface area contributed by atoms with Crippen LogP contribution < -0.4 is 15.0 Å². The van der Waals surface area contributed by atoms with E-state index in [1.54, 1.807) is 0 Å². The number of hydrogen-bond acceptors (Lipinski definition) is 3. The molecule has 1 saturated heterocycles. The Hall–Kier alpha value is -1.22. The van der Waals surface area contributed by atoms with E-state index in [-0.39, 0.29) is 5.54 Å². The lowest BCUT2D eigenvalue weighted by Gasteiger charge is -2.40. The van der Waals surface area contributed by atoms with Gasteiger partial charge >= 0.3 is 0 Å². The molecule has 1 aromatic rings. The molecular weight excluding hydrogens is 236 g/mol. The van der Waals surface area contributed by atoms with Crippen LogP contribution in [0.1, 0.15) is 27.7 Å². The second-order valence-electron chi connectivity index (χ2n) is 6.06. The summed E-state index contributed by atoms with van der Waals surface area (Å²) in [5, 5.41) is 3.56. The molecule has 3 heteroatoms. The predicted octanol–water partition coefficient (Wildman–Crippen LogP) is 2.91. The number of nitrogens with zero attached hydrogens (tertiary/aromatic N) is 1. The average molecular weight is 262 g/mol. The fourth-order valence-electron chi connectivity index (χ4n) is 2.73. The second kappa shape index (κ2) is 5.83. The molecule has 0 aromatic heterocycles. The summed E-state index contributed by atoms with van der Waals surface area (Å²) in [6.07, 6.45) is 0. The van der Waals surface area contributed by atoms with Crippen molar-refractivity contribution in [3.63, 3.8) is 0 Å². The molecule has 1 fully saturated rings. The number of rotatable bonds is 3. The van der Waals surface area contributed by atoms with Gasteiger partial charge in [0.1, 0.15) is 5.75 Å². The van der Waals surface area contributed by atoms with Gasteiger partial charge in [-0.25, -0.2) is 0 Å². The van der Waals surface area contributed by atoms with Crippen molar-refractivity contribution in [2.75, 3.05) is 31.1 Å². The van der Waals surface area contributed by atoms with Crippen LogP contribution in [0.5, 0.6) is 5.75 Å². The standard InChI is InChI=1S/C16H26N2O/c1-5-19-15-9-7-6-8-14(15)18-11-13(2)10-17-12-16(18,3)4/h6-9,13,17H,5,10-12H2,1-4H3. The van der Waals surface area contributed by atoms with Crippen LogP contribution in [0.2, 0.25) is 0 Å². The van der Waals surface area contributed by atoms with E-state index in [1.165, 1.54) is 5.69 Å². The van der Waals surface area contributed by atoms with E-state index in [0.717, 1.165) is 25.4 Å². The number of nitrogens with one attached hydrogen (secondary N) is 1. The van der Waals surface area contributed by atoms with Crippen molar-refractivity contribution in [1.29, 1.82) is 0 Å². The lowest BCUT2D eigenvalue weighted by atomic mass is 10.0. The van der Waals surface area contributed by atoms with Crippen LogP contribution in [-0.4, -0.2) is 31.8 Å². The van der Waals surface area contributed by atoms with Crippen LogP contribution in [0.15, 0.2) is 24.3 Å². The van der Waals surface area contributed by atoms with Gasteiger partial charge in [0.25, 0.3) is 0 Å². The Bertz CT molecular complexity index is 417. The molecule has 0 amide bonds. The third kappa shape index (κ3) is 3.21. The van der Waals surface area contributed by atoms with Crippen LogP contribution in [0.3, 0.4) is 0 Å². The molecule has 1 N–H and O–H groups in total. The molecule has 2 rings (SSSR count). The molecule has 0 saturated carbocycles. The Kier molecular flexibility index (Phi) is 4.35. The highest BCUT2D eigenvalue weighted by atomic mass is 16.5. The summed E-state index contributed by atoms with van der Waals surface area (Å²) < 4.78 is 5.80. The number of anilines is 1. The van der Waals surface area contributed by atoms with Crippen LogP contribution in [0.25, 0.3) is 0 Å². The highest BCUT2D eigenvalue weighted by Crippen LogP contribution is 2.34. The summed E-state index contributed by atoms with van der Waals surface area (Å²) in [5.41, 5.74) is 1.31. The van der Waals surface area contributed by atoms with Gasteiger partial charge in [0.15, 0.2) is 0 Å². The Labute approximate surface area is 116 Å². The average Bonchev–Trinajstić information content (AvgIpc) is 2.49. The zero-order chi connectivity index (χ0) is 13.9. The van der Waals surface area contributed by atoms with Gasteiger partial charge in [-0.05, 0) is 45.4 Å². The van der Waals surface area contributed by atoms with Crippen molar-refractivity contribution in [2.24, 2.45) is 5.92 Å². The molecule has 1 aliphatic rings. The molecule has 19 heavy (non-hydrogen) atoms. The highest BCUT2D eigenvalue weighted by Gasteiger charge is 2.32. The molecule has 0 spiro atoms. The van der Waals surface area contributed by atoms with Gasteiger partial charge in [-0.3, -0.25) is 0 Å². The monoisotopic (exact) mass is 262 g/mol. The van der Waals surface area contributed by atoms with Gasteiger partial charge in [-0.2, -0.15) is 0 Å². The minimum absolute atomic E-state index is 0.0952. The van der Waals surface area contributed by atoms with E-state index in [2.05, 4.69) is 49.2 Å². The largest absolute Gasteiger partial charge is 0.492 e. The minimum atomic E-state index is 0.0952. The molecule has 1 aliphatic heterocycles. The topological polar surface area (TPSA) is 24.5 Å². The van der Waals surface area contributed by atoms with Crippen molar-refractivity contribution in [3.05, 3.63) is 24.3 Å². The molecule has 0 aliphatic carbocycles. The summed E-state index contributed by atoms with van der Waals surface area (Å²) in [6, 6.07) is 8.38. The van der Waals surface area contributed by atoms with Crippen LogP contribution in [0.4, 0.5) is 5.69 Å². The van der Waals surface area contributed by atoms with E-state index >= 15 is 0 Å². The summed E-state index contributed by atoms with van der Waals surface area (Å²) in [7, 11) is 0. The van der Waals surface area contributed by atoms with Crippen molar-refractivity contribution < 1.29 is 4.74 Å². The Morgan fingerprint density at radius 2 is 2.11 bits per heavy atom. The second-order valence-corrected chi connectivity index (χ2v) is 6.06. The first-order valence-corrected chi connectivity index (χ1v) is 7.25. The van der Waals surface area contributed by atoms with Gasteiger partial charge in [-0.1, -0.05) is 19.1 Å². The lowest BCUT2D eigenvalue weighted by molar-refractivity contribution is 0.336. The molecule has 0 bridgehead atoms.